The fourth-order valence-corrected chi connectivity index (χ4v) is 2.19. The van der Waals surface area contributed by atoms with Crippen molar-refractivity contribution in [3.8, 4) is 0 Å². The Hall–Kier alpha value is -1.25. The molecule has 14 heavy (non-hydrogen) atoms. The maximum atomic E-state index is 5.91. The van der Waals surface area contributed by atoms with Crippen LogP contribution in [0, 0.1) is 0 Å². The highest BCUT2D eigenvalue weighted by Crippen LogP contribution is 2.29. The lowest BCUT2D eigenvalue weighted by Crippen LogP contribution is -2.29. The van der Waals surface area contributed by atoms with E-state index >= 15 is 0 Å². The van der Waals surface area contributed by atoms with Crippen molar-refractivity contribution in [2.75, 3.05) is 17.2 Å². The molecule has 0 bridgehead atoms. The predicted octanol–water partition coefficient (Wildman–Crippen LogP) is 2.04. The predicted molar refractivity (Wildman–Crippen MR) is 59.3 cm³/mol. The lowest BCUT2D eigenvalue weighted by molar-refractivity contribution is 0.641. The first-order valence-corrected chi connectivity index (χ1v) is 5.30. The topological polar surface area (TPSA) is 42.2 Å². The fraction of sp³-hybridized carbons (Fsp3) is 0.545. The van der Waals surface area contributed by atoms with Crippen molar-refractivity contribution in [2.45, 2.75) is 32.2 Å². The van der Waals surface area contributed by atoms with Gasteiger partial charge in [-0.3, -0.25) is 0 Å². The first-order valence-electron chi connectivity index (χ1n) is 5.30. The smallest absolute Gasteiger partial charge is 0.152 e. The molecule has 0 amide bonds. The number of aromatic nitrogens is 1. The Bertz CT molecular complexity index is 311. The maximum absolute atomic E-state index is 5.91. The van der Waals surface area contributed by atoms with Crippen LogP contribution >= 0.6 is 0 Å². The van der Waals surface area contributed by atoms with E-state index in [0.717, 1.165) is 18.1 Å². The normalized spacial score (nSPS) is 21.5. The van der Waals surface area contributed by atoms with Crippen molar-refractivity contribution in [1.82, 2.24) is 4.98 Å². The first-order chi connectivity index (χ1) is 6.83. The molecular weight excluding hydrogens is 174 g/mol. The highest BCUT2D eigenvalue weighted by atomic mass is 15.2. The molecular formula is C11H17N3. The fourth-order valence-electron chi connectivity index (χ4n) is 2.19. The van der Waals surface area contributed by atoms with Gasteiger partial charge in [-0.25, -0.2) is 4.98 Å². The zero-order valence-electron chi connectivity index (χ0n) is 8.61. The summed E-state index contributed by atoms with van der Waals surface area (Å²) < 4.78 is 0. The van der Waals surface area contributed by atoms with E-state index in [1.807, 2.05) is 18.3 Å². The SMILES string of the molecule is CCC1CCCN1c1ncccc1N. The Morgan fingerprint density at radius 1 is 1.64 bits per heavy atom. The van der Waals surface area contributed by atoms with Crippen LogP contribution < -0.4 is 10.6 Å². The Morgan fingerprint density at radius 2 is 2.50 bits per heavy atom. The summed E-state index contributed by atoms with van der Waals surface area (Å²) in [6, 6.07) is 4.44. The summed E-state index contributed by atoms with van der Waals surface area (Å²) in [6.07, 6.45) is 5.52. The third kappa shape index (κ3) is 1.54. The largest absolute Gasteiger partial charge is 0.396 e. The zero-order valence-corrected chi connectivity index (χ0v) is 8.61. The highest BCUT2D eigenvalue weighted by molar-refractivity contribution is 5.63. The monoisotopic (exact) mass is 191 g/mol. The van der Waals surface area contributed by atoms with Gasteiger partial charge in [0.25, 0.3) is 0 Å². The Balaban J connectivity index is 2.26. The Labute approximate surface area is 84.9 Å². The molecule has 0 radical (unpaired) electrons. The van der Waals surface area contributed by atoms with Gasteiger partial charge in [-0.1, -0.05) is 6.92 Å². The van der Waals surface area contributed by atoms with Crippen LogP contribution in [0.15, 0.2) is 18.3 Å². The third-order valence-corrected chi connectivity index (χ3v) is 2.94. The van der Waals surface area contributed by atoms with Crippen molar-refractivity contribution < 1.29 is 0 Å². The lowest BCUT2D eigenvalue weighted by Gasteiger charge is -2.25. The molecule has 2 rings (SSSR count). The van der Waals surface area contributed by atoms with Crippen LogP contribution in [0.2, 0.25) is 0 Å². The zero-order chi connectivity index (χ0) is 9.97. The summed E-state index contributed by atoms with van der Waals surface area (Å²) in [7, 11) is 0. The number of hydrogen-bond donors (Lipinski definition) is 1. The van der Waals surface area contributed by atoms with Gasteiger partial charge >= 0.3 is 0 Å². The molecule has 1 unspecified atom stereocenters. The molecule has 1 saturated heterocycles. The van der Waals surface area contributed by atoms with Gasteiger partial charge in [-0.15, -0.1) is 0 Å². The van der Waals surface area contributed by atoms with Gasteiger partial charge in [0.15, 0.2) is 5.82 Å². The summed E-state index contributed by atoms with van der Waals surface area (Å²) in [5.74, 6) is 0.969. The molecule has 3 heteroatoms. The molecule has 2 N–H and O–H groups in total. The summed E-state index contributed by atoms with van der Waals surface area (Å²) in [4.78, 5) is 6.70. The van der Waals surface area contributed by atoms with Crippen molar-refractivity contribution in [1.29, 1.82) is 0 Å². The number of pyridine rings is 1. The van der Waals surface area contributed by atoms with E-state index in [9.17, 15) is 0 Å². The van der Waals surface area contributed by atoms with E-state index in [-0.39, 0.29) is 0 Å². The molecule has 3 nitrogen and oxygen atoms in total. The molecule has 0 aliphatic carbocycles. The second-order valence-corrected chi connectivity index (χ2v) is 3.81. The molecule has 1 aliphatic rings. The van der Waals surface area contributed by atoms with Gasteiger partial charge < -0.3 is 10.6 Å². The van der Waals surface area contributed by atoms with E-state index in [0.29, 0.717) is 6.04 Å². The Morgan fingerprint density at radius 3 is 3.21 bits per heavy atom. The summed E-state index contributed by atoms with van der Waals surface area (Å²) in [5.41, 5.74) is 6.71. The van der Waals surface area contributed by atoms with Gasteiger partial charge in [0.05, 0.1) is 5.69 Å². The number of anilines is 2. The van der Waals surface area contributed by atoms with Gasteiger partial charge in [-0.05, 0) is 31.4 Å². The number of nitrogens with zero attached hydrogens (tertiary/aromatic N) is 2. The van der Waals surface area contributed by atoms with Crippen molar-refractivity contribution in [3.63, 3.8) is 0 Å². The Kier molecular flexibility index (Phi) is 2.57. The summed E-state index contributed by atoms with van der Waals surface area (Å²) >= 11 is 0. The summed E-state index contributed by atoms with van der Waals surface area (Å²) in [5, 5.41) is 0. The quantitative estimate of drug-likeness (QED) is 0.777. The van der Waals surface area contributed by atoms with Crippen LogP contribution in [0.4, 0.5) is 11.5 Å². The van der Waals surface area contributed by atoms with Gasteiger partial charge in [0, 0.05) is 18.8 Å². The average Bonchev–Trinajstić information content (AvgIpc) is 2.66. The van der Waals surface area contributed by atoms with E-state index in [1.165, 1.54) is 19.3 Å². The molecule has 0 saturated carbocycles. The minimum Gasteiger partial charge on any atom is -0.396 e. The number of rotatable bonds is 2. The van der Waals surface area contributed by atoms with Gasteiger partial charge in [-0.2, -0.15) is 0 Å². The number of nitrogen functional groups attached to an aromatic ring is 1. The van der Waals surface area contributed by atoms with Gasteiger partial charge in [0.1, 0.15) is 0 Å². The standard InChI is InChI=1S/C11H17N3/c1-2-9-5-4-8-14(9)11-10(12)6-3-7-13-11/h3,6-7,9H,2,4-5,8,12H2,1H3. The summed E-state index contributed by atoms with van der Waals surface area (Å²) in [6.45, 7) is 3.32. The molecule has 2 heterocycles. The molecule has 1 aromatic heterocycles. The van der Waals surface area contributed by atoms with Crippen LogP contribution in [0.5, 0.6) is 0 Å². The van der Waals surface area contributed by atoms with Gasteiger partial charge in [0.2, 0.25) is 0 Å². The molecule has 1 aliphatic heterocycles. The number of nitrogens with two attached hydrogens (primary N) is 1. The molecule has 76 valence electrons. The number of hydrogen-bond acceptors (Lipinski definition) is 3. The average molecular weight is 191 g/mol. The second kappa shape index (κ2) is 3.86. The van der Waals surface area contributed by atoms with Crippen molar-refractivity contribution in [2.24, 2.45) is 0 Å². The second-order valence-electron chi connectivity index (χ2n) is 3.81. The molecule has 1 aromatic rings. The highest BCUT2D eigenvalue weighted by Gasteiger charge is 2.24. The first kappa shape index (κ1) is 9.31. The van der Waals surface area contributed by atoms with E-state index in [1.54, 1.807) is 0 Å². The van der Waals surface area contributed by atoms with Crippen molar-refractivity contribution in [3.05, 3.63) is 18.3 Å². The molecule has 0 spiro atoms. The molecule has 1 fully saturated rings. The van der Waals surface area contributed by atoms with Crippen LogP contribution in [-0.2, 0) is 0 Å². The maximum Gasteiger partial charge on any atom is 0.152 e. The molecule has 1 atom stereocenters. The van der Waals surface area contributed by atoms with E-state index < -0.39 is 0 Å². The lowest BCUT2D eigenvalue weighted by atomic mass is 10.2. The van der Waals surface area contributed by atoms with E-state index in [2.05, 4.69) is 16.8 Å². The van der Waals surface area contributed by atoms with Crippen molar-refractivity contribution >= 4 is 11.5 Å². The van der Waals surface area contributed by atoms with E-state index in [4.69, 9.17) is 5.73 Å². The van der Waals surface area contributed by atoms with Crippen LogP contribution in [0.1, 0.15) is 26.2 Å². The van der Waals surface area contributed by atoms with Crippen LogP contribution in [-0.4, -0.2) is 17.6 Å². The third-order valence-electron chi connectivity index (χ3n) is 2.94. The van der Waals surface area contributed by atoms with Crippen LogP contribution in [0.25, 0.3) is 0 Å². The molecule has 0 aromatic carbocycles. The minimum absolute atomic E-state index is 0.632. The minimum atomic E-state index is 0.632. The van der Waals surface area contributed by atoms with Crippen LogP contribution in [0.3, 0.4) is 0 Å².